The summed E-state index contributed by atoms with van der Waals surface area (Å²) in [7, 11) is 0. The number of hydrogen-bond donors (Lipinski definition) is 0. The van der Waals surface area contributed by atoms with E-state index in [1.54, 1.807) is 0 Å². The van der Waals surface area contributed by atoms with Crippen molar-refractivity contribution in [1.82, 2.24) is 0 Å². The van der Waals surface area contributed by atoms with Gasteiger partial charge >= 0.3 is 6.85 Å². The lowest BCUT2D eigenvalue weighted by molar-refractivity contribution is 0.199. The Labute approximate surface area is 459 Å². The SMILES string of the molecule is CC(C)(C)c1ccc(N(c2ccc(C(C)(C)C)cc2)c2cc3c4c(c2)N(c2ccc(C(C)(C)C)cc2-c2ccccc2)c2cc5c(cc2B4N2c4c-3cc(C(C)(C)C)cc4C3(C)CCCCC23C)oc2ccccc25)cc1. The molecule has 1 aliphatic carbocycles. The molecular formula is C72H76BN3O. The van der Waals surface area contributed by atoms with Crippen LogP contribution in [0.1, 0.15) is 150 Å². The molecule has 13 rings (SSSR count). The first-order valence-corrected chi connectivity index (χ1v) is 28.6. The Morgan fingerprint density at radius 1 is 0.468 bits per heavy atom. The molecule has 0 bridgehead atoms. The lowest BCUT2D eigenvalue weighted by Gasteiger charge is -2.55. The minimum Gasteiger partial charge on any atom is -0.456 e. The van der Waals surface area contributed by atoms with Crippen molar-refractivity contribution in [3.63, 3.8) is 0 Å². The lowest BCUT2D eigenvalue weighted by atomic mass is 9.42. The van der Waals surface area contributed by atoms with Crippen LogP contribution in [0.15, 0.2) is 162 Å². The molecule has 3 aliphatic heterocycles. The first kappa shape index (κ1) is 49.6. The first-order valence-electron chi connectivity index (χ1n) is 28.6. The Kier molecular flexibility index (Phi) is 10.8. The van der Waals surface area contributed by atoms with Crippen LogP contribution in [0.5, 0.6) is 0 Å². The second kappa shape index (κ2) is 16.8. The van der Waals surface area contributed by atoms with Crippen molar-refractivity contribution in [2.45, 2.75) is 155 Å². The molecule has 5 heteroatoms. The summed E-state index contributed by atoms with van der Waals surface area (Å²) in [5.74, 6) is 0. The van der Waals surface area contributed by atoms with Gasteiger partial charge in [0.1, 0.15) is 11.2 Å². The predicted octanol–water partition coefficient (Wildman–Crippen LogP) is 18.9. The molecule has 1 fully saturated rings. The predicted molar refractivity (Wildman–Crippen MR) is 330 cm³/mol. The van der Waals surface area contributed by atoms with Gasteiger partial charge in [-0.25, -0.2) is 0 Å². The normalized spacial score (nSPS) is 18.9. The fraction of sp³-hybridized carbons (Fsp3) is 0.333. The van der Waals surface area contributed by atoms with Gasteiger partial charge in [0.05, 0.1) is 5.69 Å². The zero-order valence-electron chi connectivity index (χ0n) is 48.2. The standard InChI is InChI=1S/C72H76BN3O/c1-67(2,3)46-26-31-50(32-27-46)74(51-33-28-47(29-34-51)68(4,5)6)52-41-56-57-39-49(70(10,11)12)40-58-66(57)76(72(14)37-21-20-36-71(58,72)13)73-59-44-64-55(53-24-18-19-25-63(53)77-64)43-61(59)75(62(42-52)65(56)73)60-35-30-48(69(7,8)9)38-54(60)45-22-16-15-17-23-45/h15-19,22-35,38-44H,20-21,36-37H2,1-14H3. The van der Waals surface area contributed by atoms with Crippen LogP contribution in [0, 0.1) is 0 Å². The quantitative estimate of drug-likeness (QED) is 0.160. The summed E-state index contributed by atoms with van der Waals surface area (Å²) in [4.78, 5) is 8.18. The van der Waals surface area contributed by atoms with Crippen molar-refractivity contribution >= 4 is 79.5 Å². The maximum Gasteiger partial charge on any atom is 0.329 e. The molecule has 2 unspecified atom stereocenters. The molecule has 4 nitrogen and oxygen atoms in total. The highest BCUT2D eigenvalue weighted by Crippen LogP contribution is 2.64. The van der Waals surface area contributed by atoms with Crippen LogP contribution < -0.4 is 25.5 Å². The van der Waals surface area contributed by atoms with Crippen LogP contribution in [-0.4, -0.2) is 12.4 Å². The average Bonchev–Trinajstić information content (AvgIpc) is 3.86. The van der Waals surface area contributed by atoms with Crippen LogP contribution in [-0.2, 0) is 27.1 Å². The molecule has 4 aliphatic rings. The van der Waals surface area contributed by atoms with Gasteiger partial charge in [-0.15, -0.1) is 0 Å². The molecule has 0 spiro atoms. The maximum atomic E-state index is 6.95. The molecule has 2 atom stereocenters. The van der Waals surface area contributed by atoms with Crippen LogP contribution in [0.25, 0.3) is 44.2 Å². The summed E-state index contributed by atoms with van der Waals surface area (Å²) >= 11 is 0. The average molecular weight is 1010 g/mol. The maximum absolute atomic E-state index is 6.95. The minimum atomic E-state index is -0.154. The van der Waals surface area contributed by atoms with E-state index in [0.29, 0.717) is 0 Å². The highest BCUT2D eigenvalue weighted by atomic mass is 16.3. The molecule has 1 aromatic heterocycles. The number of fused-ring (bicyclic) bond motifs is 10. The highest BCUT2D eigenvalue weighted by Gasteiger charge is 2.63. The summed E-state index contributed by atoms with van der Waals surface area (Å²) < 4.78 is 6.95. The van der Waals surface area contributed by atoms with E-state index < -0.39 is 0 Å². The third kappa shape index (κ3) is 7.52. The smallest absolute Gasteiger partial charge is 0.329 e. The molecular weight excluding hydrogens is 934 g/mol. The number of furan rings is 1. The van der Waals surface area contributed by atoms with Gasteiger partial charge in [-0.1, -0.05) is 188 Å². The molecule has 0 N–H and O–H groups in total. The Balaban J connectivity index is 1.20. The number of rotatable bonds is 5. The van der Waals surface area contributed by atoms with Crippen molar-refractivity contribution in [3.8, 4) is 22.3 Å². The summed E-state index contributed by atoms with van der Waals surface area (Å²) in [5.41, 5.74) is 24.5. The molecule has 1 saturated carbocycles. The third-order valence-corrected chi connectivity index (χ3v) is 18.8. The van der Waals surface area contributed by atoms with Crippen molar-refractivity contribution in [1.29, 1.82) is 0 Å². The fourth-order valence-corrected chi connectivity index (χ4v) is 14.1. The summed E-state index contributed by atoms with van der Waals surface area (Å²) in [6, 6.07) is 61.1. The zero-order valence-corrected chi connectivity index (χ0v) is 48.2. The van der Waals surface area contributed by atoms with E-state index in [4.69, 9.17) is 4.42 Å². The van der Waals surface area contributed by atoms with Crippen molar-refractivity contribution in [3.05, 3.63) is 186 Å². The number of hydrogen-bond acceptors (Lipinski definition) is 4. The summed E-state index contributed by atoms with van der Waals surface area (Å²) in [6.07, 6.45) is 4.73. The van der Waals surface area contributed by atoms with Gasteiger partial charge in [-0.05, 0) is 164 Å². The number of benzene rings is 8. The first-order chi connectivity index (χ1) is 36.4. The van der Waals surface area contributed by atoms with Gasteiger partial charge in [0.2, 0.25) is 0 Å². The monoisotopic (exact) mass is 1010 g/mol. The van der Waals surface area contributed by atoms with E-state index in [0.717, 1.165) is 57.5 Å². The second-order valence-corrected chi connectivity index (χ2v) is 27.8. The number of para-hydroxylation sites is 1. The highest BCUT2D eigenvalue weighted by molar-refractivity contribution is 6.93. The van der Waals surface area contributed by atoms with Crippen molar-refractivity contribution in [2.75, 3.05) is 14.6 Å². The van der Waals surface area contributed by atoms with Crippen molar-refractivity contribution < 1.29 is 4.42 Å². The van der Waals surface area contributed by atoms with E-state index in [9.17, 15) is 0 Å². The minimum absolute atomic E-state index is 0.0100. The molecule has 388 valence electrons. The summed E-state index contributed by atoms with van der Waals surface area (Å²) in [5, 5.41) is 2.28. The lowest BCUT2D eigenvalue weighted by Crippen LogP contribution is -2.70. The van der Waals surface area contributed by atoms with Gasteiger partial charge in [-0.3, -0.25) is 0 Å². The van der Waals surface area contributed by atoms with Crippen LogP contribution in [0.3, 0.4) is 0 Å². The number of anilines is 7. The topological polar surface area (TPSA) is 22.9 Å². The van der Waals surface area contributed by atoms with E-state index in [1.807, 2.05) is 0 Å². The Hall–Kier alpha value is -6.98. The van der Waals surface area contributed by atoms with E-state index >= 15 is 0 Å². The van der Waals surface area contributed by atoms with Gasteiger partial charge in [0.25, 0.3) is 0 Å². The fourth-order valence-electron chi connectivity index (χ4n) is 14.1. The molecule has 4 heterocycles. The second-order valence-electron chi connectivity index (χ2n) is 27.8. The van der Waals surface area contributed by atoms with Crippen LogP contribution in [0.2, 0.25) is 0 Å². The molecule has 9 aromatic rings. The molecule has 0 amide bonds. The number of nitrogens with zero attached hydrogens (tertiary/aromatic N) is 3. The molecule has 77 heavy (non-hydrogen) atoms. The van der Waals surface area contributed by atoms with E-state index in [1.165, 1.54) is 90.9 Å². The Morgan fingerprint density at radius 3 is 1.69 bits per heavy atom. The zero-order chi connectivity index (χ0) is 53.9. The van der Waals surface area contributed by atoms with E-state index in [2.05, 4.69) is 269 Å². The Bertz CT molecular complexity index is 3780. The third-order valence-electron chi connectivity index (χ3n) is 18.8. The molecule has 0 saturated heterocycles. The molecule has 0 radical (unpaired) electrons. The van der Waals surface area contributed by atoms with E-state index in [-0.39, 0.29) is 39.5 Å². The van der Waals surface area contributed by atoms with Gasteiger partial charge in [0, 0.05) is 67.0 Å². The largest absolute Gasteiger partial charge is 0.456 e. The van der Waals surface area contributed by atoms with Crippen LogP contribution in [0.4, 0.5) is 39.8 Å². The summed E-state index contributed by atoms with van der Waals surface area (Å²) in [6.45, 7) is 33.2. The Morgan fingerprint density at radius 2 is 1.05 bits per heavy atom. The molecule has 8 aromatic carbocycles. The van der Waals surface area contributed by atoms with Gasteiger partial charge in [0.15, 0.2) is 0 Å². The van der Waals surface area contributed by atoms with Crippen LogP contribution >= 0.6 is 0 Å². The van der Waals surface area contributed by atoms with Gasteiger partial charge in [-0.2, -0.15) is 0 Å². The van der Waals surface area contributed by atoms with Crippen molar-refractivity contribution in [2.24, 2.45) is 0 Å². The van der Waals surface area contributed by atoms with Gasteiger partial charge < -0.3 is 19.0 Å².